The van der Waals surface area contributed by atoms with Crippen LogP contribution >= 0.6 is 0 Å². The van der Waals surface area contributed by atoms with E-state index in [-0.39, 0.29) is 5.91 Å². The minimum atomic E-state index is 0.0567. The van der Waals surface area contributed by atoms with Crippen molar-refractivity contribution in [3.05, 3.63) is 0 Å². The van der Waals surface area contributed by atoms with E-state index in [0.29, 0.717) is 45.3 Å². The number of aliphatic imine (C=N–C) groups is 1. The van der Waals surface area contributed by atoms with Gasteiger partial charge in [0.25, 0.3) is 0 Å². The van der Waals surface area contributed by atoms with Crippen molar-refractivity contribution in [2.45, 2.75) is 39.5 Å². The first-order valence-electron chi connectivity index (χ1n) is 8.61. The molecule has 3 N–H and O–H groups in total. The van der Waals surface area contributed by atoms with Crippen LogP contribution in [0, 0.1) is 0 Å². The molecule has 0 fully saturated rings. The Hall–Kier alpha value is -1.34. The Labute approximate surface area is 140 Å². The topological polar surface area (TPSA) is 84.0 Å². The minimum Gasteiger partial charge on any atom is -0.379 e. The van der Waals surface area contributed by atoms with Crippen molar-refractivity contribution in [1.82, 2.24) is 16.0 Å². The highest BCUT2D eigenvalue weighted by Crippen LogP contribution is 1.87. The van der Waals surface area contributed by atoms with Gasteiger partial charge in [0.05, 0.1) is 19.8 Å². The summed E-state index contributed by atoms with van der Waals surface area (Å²) in [5.74, 6) is 0.734. The van der Waals surface area contributed by atoms with Crippen LogP contribution in [0.25, 0.3) is 0 Å². The van der Waals surface area contributed by atoms with E-state index in [0.717, 1.165) is 32.4 Å². The highest BCUT2D eigenvalue weighted by molar-refractivity contribution is 5.81. The fourth-order valence-corrected chi connectivity index (χ4v) is 1.68. The third-order valence-electron chi connectivity index (χ3n) is 2.99. The van der Waals surface area contributed by atoms with E-state index in [1.807, 2.05) is 6.92 Å². The van der Waals surface area contributed by atoms with Gasteiger partial charge in [-0.05, 0) is 12.8 Å². The summed E-state index contributed by atoms with van der Waals surface area (Å²) >= 11 is 0. The lowest BCUT2D eigenvalue weighted by molar-refractivity contribution is -0.120. The maximum Gasteiger partial charge on any atom is 0.221 e. The molecule has 0 aliphatic carbocycles. The van der Waals surface area contributed by atoms with E-state index in [1.54, 1.807) is 7.05 Å². The minimum absolute atomic E-state index is 0.0567. The Balaban J connectivity index is 3.47. The summed E-state index contributed by atoms with van der Waals surface area (Å²) in [5, 5.41) is 9.08. The molecule has 0 aliphatic heterocycles. The Kier molecular flexibility index (Phi) is 16.0. The second kappa shape index (κ2) is 17.0. The summed E-state index contributed by atoms with van der Waals surface area (Å²) in [7, 11) is 1.70. The van der Waals surface area contributed by atoms with Crippen LogP contribution in [-0.2, 0) is 14.3 Å². The first kappa shape index (κ1) is 21.7. The van der Waals surface area contributed by atoms with Crippen molar-refractivity contribution in [2.75, 3.05) is 53.1 Å². The average Bonchev–Trinajstić information content (AvgIpc) is 2.56. The SMILES string of the molecule is CCCCOCCOCCNC(=NC)NCCC(=O)NCCC. The summed E-state index contributed by atoms with van der Waals surface area (Å²) < 4.78 is 10.9. The lowest BCUT2D eigenvalue weighted by Gasteiger charge is -2.12. The zero-order valence-corrected chi connectivity index (χ0v) is 15.0. The van der Waals surface area contributed by atoms with Gasteiger partial charge in [-0.3, -0.25) is 9.79 Å². The second-order valence-corrected chi connectivity index (χ2v) is 5.10. The Morgan fingerprint density at radius 1 is 0.870 bits per heavy atom. The number of nitrogens with zero attached hydrogens (tertiary/aromatic N) is 1. The van der Waals surface area contributed by atoms with Gasteiger partial charge in [-0.1, -0.05) is 20.3 Å². The van der Waals surface area contributed by atoms with Gasteiger partial charge in [0.1, 0.15) is 0 Å². The monoisotopic (exact) mass is 330 g/mol. The van der Waals surface area contributed by atoms with Crippen LogP contribution < -0.4 is 16.0 Å². The predicted molar refractivity (Wildman–Crippen MR) is 93.8 cm³/mol. The van der Waals surface area contributed by atoms with Crippen LogP contribution in [0.2, 0.25) is 0 Å². The lowest BCUT2D eigenvalue weighted by Crippen LogP contribution is -2.40. The van der Waals surface area contributed by atoms with Gasteiger partial charge in [0, 0.05) is 39.7 Å². The molecule has 23 heavy (non-hydrogen) atoms. The number of nitrogens with one attached hydrogen (secondary N) is 3. The Bertz CT molecular complexity index is 312. The van der Waals surface area contributed by atoms with Crippen LogP contribution in [0.3, 0.4) is 0 Å². The maximum atomic E-state index is 11.5. The average molecular weight is 330 g/mol. The van der Waals surface area contributed by atoms with Crippen LogP contribution in [0.4, 0.5) is 0 Å². The first-order chi connectivity index (χ1) is 11.2. The highest BCUT2D eigenvalue weighted by atomic mass is 16.5. The molecule has 0 spiro atoms. The zero-order chi connectivity index (χ0) is 17.2. The number of hydrogen-bond acceptors (Lipinski definition) is 4. The van der Waals surface area contributed by atoms with E-state index in [9.17, 15) is 4.79 Å². The van der Waals surface area contributed by atoms with E-state index >= 15 is 0 Å². The molecular formula is C16H34N4O3. The number of guanidine groups is 1. The van der Waals surface area contributed by atoms with Gasteiger partial charge >= 0.3 is 0 Å². The summed E-state index contributed by atoms with van der Waals surface area (Å²) in [4.78, 5) is 15.6. The summed E-state index contributed by atoms with van der Waals surface area (Å²) in [6.45, 7) is 8.77. The van der Waals surface area contributed by atoms with Crippen molar-refractivity contribution in [3.8, 4) is 0 Å². The number of ether oxygens (including phenoxy) is 2. The smallest absolute Gasteiger partial charge is 0.221 e. The Morgan fingerprint density at radius 3 is 2.22 bits per heavy atom. The summed E-state index contributed by atoms with van der Waals surface area (Å²) in [6, 6.07) is 0. The molecule has 0 aliphatic rings. The predicted octanol–water partition coefficient (Wildman–Crippen LogP) is 0.901. The molecule has 0 atom stereocenters. The summed E-state index contributed by atoms with van der Waals surface area (Å²) in [6.07, 6.45) is 3.63. The third-order valence-corrected chi connectivity index (χ3v) is 2.99. The standard InChI is InChI=1S/C16H34N4O3/c1-4-6-11-22-13-14-23-12-10-20-16(17-3)19-9-7-15(21)18-8-5-2/h4-14H2,1-3H3,(H,18,21)(H2,17,19,20). The van der Waals surface area contributed by atoms with E-state index in [2.05, 4.69) is 27.9 Å². The number of carbonyl (C=O) groups excluding carboxylic acids is 1. The van der Waals surface area contributed by atoms with Crippen LogP contribution in [0.5, 0.6) is 0 Å². The fraction of sp³-hybridized carbons (Fsp3) is 0.875. The molecule has 0 aromatic carbocycles. The molecule has 0 saturated carbocycles. The lowest BCUT2D eigenvalue weighted by atomic mass is 10.4. The normalized spacial score (nSPS) is 11.3. The van der Waals surface area contributed by atoms with Gasteiger partial charge in [-0.15, -0.1) is 0 Å². The second-order valence-electron chi connectivity index (χ2n) is 5.10. The molecule has 0 saturated heterocycles. The molecule has 0 heterocycles. The van der Waals surface area contributed by atoms with Crippen molar-refractivity contribution in [2.24, 2.45) is 4.99 Å². The van der Waals surface area contributed by atoms with Crippen molar-refractivity contribution in [3.63, 3.8) is 0 Å². The first-order valence-corrected chi connectivity index (χ1v) is 8.61. The van der Waals surface area contributed by atoms with Gasteiger partial charge in [-0.25, -0.2) is 0 Å². The molecule has 7 heteroatoms. The quantitative estimate of drug-likeness (QED) is 0.250. The van der Waals surface area contributed by atoms with Crippen LogP contribution in [-0.4, -0.2) is 65.0 Å². The third kappa shape index (κ3) is 15.3. The number of rotatable bonds is 14. The molecule has 136 valence electrons. The van der Waals surface area contributed by atoms with Gasteiger partial charge in [-0.2, -0.15) is 0 Å². The Morgan fingerprint density at radius 2 is 1.57 bits per heavy atom. The van der Waals surface area contributed by atoms with Gasteiger partial charge in [0.2, 0.25) is 5.91 Å². The van der Waals surface area contributed by atoms with Crippen LogP contribution in [0.15, 0.2) is 4.99 Å². The van der Waals surface area contributed by atoms with E-state index < -0.39 is 0 Å². The molecule has 0 aromatic rings. The molecule has 0 unspecified atom stereocenters. The van der Waals surface area contributed by atoms with E-state index in [1.165, 1.54) is 0 Å². The summed E-state index contributed by atoms with van der Waals surface area (Å²) in [5.41, 5.74) is 0. The zero-order valence-electron chi connectivity index (χ0n) is 15.0. The van der Waals surface area contributed by atoms with Gasteiger partial charge in [0.15, 0.2) is 5.96 Å². The largest absolute Gasteiger partial charge is 0.379 e. The number of hydrogen-bond donors (Lipinski definition) is 3. The van der Waals surface area contributed by atoms with E-state index in [4.69, 9.17) is 9.47 Å². The van der Waals surface area contributed by atoms with Gasteiger partial charge < -0.3 is 25.4 Å². The van der Waals surface area contributed by atoms with Crippen LogP contribution in [0.1, 0.15) is 39.5 Å². The maximum absolute atomic E-state index is 11.5. The molecule has 7 nitrogen and oxygen atoms in total. The van der Waals surface area contributed by atoms with Crippen molar-refractivity contribution < 1.29 is 14.3 Å². The van der Waals surface area contributed by atoms with Crippen molar-refractivity contribution >= 4 is 11.9 Å². The molecule has 1 amide bonds. The highest BCUT2D eigenvalue weighted by Gasteiger charge is 2.01. The molecule has 0 rings (SSSR count). The number of amides is 1. The van der Waals surface area contributed by atoms with Crippen molar-refractivity contribution in [1.29, 1.82) is 0 Å². The molecular weight excluding hydrogens is 296 g/mol. The number of unbranched alkanes of at least 4 members (excludes halogenated alkanes) is 1. The molecule has 0 bridgehead atoms. The fourth-order valence-electron chi connectivity index (χ4n) is 1.68. The molecule has 0 aromatic heterocycles. The number of carbonyl (C=O) groups is 1. The molecule has 0 radical (unpaired) electrons.